The van der Waals surface area contributed by atoms with E-state index in [2.05, 4.69) is 14.9 Å². The third kappa shape index (κ3) is 6.15. The van der Waals surface area contributed by atoms with Crippen molar-refractivity contribution < 1.29 is 17.9 Å². The fourth-order valence-electron chi connectivity index (χ4n) is 3.93. The summed E-state index contributed by atoms with van der Waals surface area (Å²) in [5.74, 6) is 0.257. The standard InChI is InChI=1S/C26H29N3O4S/c1-33-24-13-11-23(12-14-24)28-34(31,32)25-6-4-5-21(19-25)26(30)27-22-9-7-20(8-10-22)15-18-29-16-2-3-17-29/h4-14,19,28H,2-3,15-18H2,1H3,(H,27,30). The summed E-state index contributed by atoms with van der Waals surface area (Å²) in [6.07, 6.45) is 3.55. The monoisotopic (exact) mass is 479 g/mol. The summed E-state index contributed by atoms with van der Waals surface area (Å²) in [6.45, 7) is 3.41. The van der Waals surface area contributed by atoms with Gasteiger partial charge >= 0.3 is 0 Å². The number of nitrogens with zero attached hydrogens (tertiary/aromatic N) is 1. The summed E-state index contributed by atoms with van der Waals surface area (Å²) in [6, 6.07) is 20.3. The molecule has 8 heteroatoms. The maximum atomic E-state index is 12.8. The first-order valence-electron chi connectivity index (χ1n) is 11.3. The highest BCUT2D eigenvalue weighted by molar-refractivity contribution is 7.92. The first-order valence-corrected chi connectivity index (χ1v) is 12.8. The van der Waals surface area contributed by atoms with Gasteiger partial charge < -0.3 is 15.0 Å². The summed E-state index contributed by atoms with van der Waals surface area (Å²) >= 11 is 0. The van der Waals surface area contributed by atoms with Crippen molar-refractivity contribution >= 4 is 27.3 Å². The van der Waals surface area contributed by atoms with Crippen LogP contribution in [0.25, 0.3) is 0 Å². The summed E-state index contributed by atoms with van der Waals surface area (Å²) < 4.78 is 33.2. The number of hydrogen-bond acceptors (Lipinski definition) is 5. The minimum Gasteiger partial charge on any atom is -0.497 e. The molecule has 0 spiro atoms. The molecule has 3 aromatic rings. The number of sulfonamides is 1. The van der Waals surface area contributed by atoms with Crippen molar-refractivity contribution in [3.63, 3.8) is 0 Å². The van der Waals surface area contributed by atoms with Gasteiger partial charge in [-0.25, -0.2) is 8.42 Å². The molecule has 178 valence electrons. The van der Waals surface area contributed by atoms with Gasteiger partial charge in [0.1, 0.15) is 5.75 Å². The maximum Gasteiger partial charge on any atom is 0.261 e. The van der Waals surface area contributed by atoms with Crippen LogP contribution in [0.2, 0.25) is 0 Å². The molecule has 1 fully saturated rings. The van der Waals surface area contributed by atoms with Gasteiger partial charge in [-0.15, -0.1) is 0 Å². The molecule has 34 heavy (non-hydrogen) atoms. The Labute approximate surface area is 200 Å². The molecule has 7 nitrogen and oxygen atoms in total. The maximum absolute atomic E-state index is 12.8. The number of methoxy groups -OCH3 is 1. The van der Waals surface area contributed by atoms with Crippen LogP contribution in [0.5, 0.6) is 5.75 Å². The zero-order chi connectivity index (χ0) is 24.0. The second-order valence-electron chi connectivity index (χ2n) is 8.31. The first-order chi connectivity index (χ1) is 16.4. The second kappa shape index (κ2) is 10.7. The van der Waals surface area contributed by atoms with Crippen LogP contribution in [0.3, 0.4) is 0 Å². The SMILES string of the molecule is COc1ccc(NS(=O)(=O)c2cccc(C(=O)Nc3ccc(CCN4CCCC4)cc3)c2)cc1. The first kappa shape index (κ1) is 23.8. The van der Waals surface area contributed by atoms with E-state index in [-0.39, 0.29) is 16.4 Å². The molecule has 1 heterocycles. The summed E-state index contributed by atoms with van der Waals surface area (Å²) in [7, 11) is -2.31. The van der Waals surface area contributed by atoms with E-state index in [9.17, 15) is 13.2 Å². The molecule has 0 aliphatic carbocycles. The van der Waals surface area contributed by atoms with Crippen molar-refractivity contribution in [3.05, 3.63) is 83.9 Å². The van der Waals surface area contributed by atoms with Gasteiger partial charge in [0.15, 0.2) is 0 Å². The number of anilines is 2. The van der Waals surface area contributed by atoms with E-state index >= 15 is 0 Å². The summed E-state index contributed by atoms with van der Waals surface area (Å²) in [4.78, 5) is 15.2. The molecule has 4 rings (SSSR count). The van der Waals surface area contributed by atoms with Crippen LogP contribution >= 0.6 is 0 Å². The molecule has 0 unspecified atom stereocenters. The Balaban J connectivity index is 1.38. The lowest BCUT2D eigenvalue weighted by molar-refractivity contribution is 0.102. The van der Waals surface area contributed by atoms with Gasteiger partial charge in [-0.05, 0) is 92.5 Å². The fourth-order valence-corrected chi connectivity index (χ4v) is 5.03. The van der Waals surface area contributed by atoms with E-state index < -0.39 is 10.0 Å². The Morgan fingerprint density at radius 1 is 0.941 bits per heavy atom. The van der Waals surface area contributed by atoms with Crippen LogP contribution < -0.4 is 14.8 Å². The van der Waals surface area contributed by atoms with Gasteiger partial charge in [-0.2, -0.15) is 0 Å². The number of likely N-dealkylation sites (tertiary alicyclic amines) is 1. The normalized spacial score (nSPS) is 14.0. The molecule has 0 aromatic heterocycles. The topological polar surface area (TPSA) is 87.7 Å². The van der Waals surface area contributed by atoms with E-state index in [1.54, 1.807) is 43.5 Å². The number of ether oxygens (including phenoxy) is 1. The smallest absolute Gasteiger partial charge is 0.261 e. The molecule has 1 aliphatic rings. The van der Waals surface area contributed by atoms with Crippen LogP contribution in [-0.4, -0.2) is 46.0 Å². The average molecular weight is 480 g/mol. The lowest BCUT2D eigenvalue weighted by Gasteiger charge is -2.14. The highest BCUT2D eigenvalue weighted by Crippen LogP contribution is 2.21. The third-order valence-corrected chi connectivity index (χ3v) is 7.25. The largest absolute Gasteiger partial charge is 0.497 e. The van der Waals surface area contributed by atoms with E-state index in [0.717, 1.165) is 13.0 Å². The van der Waals surface area contributed by atoms with Gasteiger partial charge in [-0.1, -0.05) is 18.2 Å². The fraction of sp³-hybridized carbons (Fsp3) is 0.269. The molecular weight excluding hydrogens is 450 g/mol. The molecule has 3 aromatic carbocycles. The van der Waals surface area contributed by atoms with Crippen LogP contribution in [0.15, 0.2) is 77.7 Å². The van der Waals surface area contributed by atoms with Gasteiger partial charge in [-0.3, -0.25) is 9.52 Å². The van der Waals surface area contributed by atoms with Crippen molar-refractivity contribution in [2.45, 2.75) is 24.2 Å². The average Bonchev–Trinajstić information content (AvgIpc) is 3.38. The number of hydrogen-bond donors (Lipinski definition) is 2. The number of carbonyl (C=O) groups is 1. The van der Waals surface area contributed by atoms with Crippen molar-refractivity contribution in [1.82, 2.24) is 4.90 Å². The van der Waals surface area contributed by atoms with Crippen LogP contribution in [0.4, 0.5) is 11.4 Å². The molecule has 0 atom stereocenters. The zero-order valence-corrected chi connectivity index (χ0v) is 20.0. The van der Waals surface area contributed by atoms with E-state index in [1.807, 2.05) is 24.3 Å². The lowest BCUT2D eigenvalue weighted by Crippen LogP contribution is -2.21. The number of nitrogens with one attached hydrogen (secondary N) is 2. The number of carbonyl (C=O) groups excluding carboxylic acids is 1. The third-order valence-electron chi connectivity index (χ3n) is 5.88. The Morgan fingerprint density at radius 2 is 1.62 bits per heavy atom. The summed E-state index contributed by atoms with van der Waals surface area (Å²) in [5, 5.41) is 2.85. The molecule has 0 radical (unpaired) electrons. The molecule has 1 amide bonds. The Hall–Kier alpha value is -3.36. The molecule has 1 aliphatic heterocycles. The number of rotatable bonds is 9. The molecule has 1 saturated heterocycles. The molecule has 2 N–H and O–H groups in total. The van der Waals surface area contributed by atoms with Crippen molar-refractivity contribution in [2.75, 3.05) is 36.8 Å². The van der Waals surface area contributed by atoms with Crippen LogP contribution in [-0.2, 0) is 16.4 Å². The minimum atomic E-state index is -3.86. The predicted molar refractivity (Wildman–Crippen MR) is 134 cm³/mol. The lowest BCUT2D eigenvalue weighted by atomic mass is 10.1. The predicted octanol–water partition coefficient (Wildman–Crippen LogP) is 4.39. The molecular formula is C26H29N3O4S. The number of benzene rings is 3. The second-order valence-corrected chi connectivity index (χ2v) is 9.99. The van der Waals surface area contributed by atoms with Crippen molar-refractivity contribution in [1.29, 1.82) is 0 Å². The van der Waals surface area contributed by atoms with Gasteiger partial charge in [0.2, 0.25) is 0 Å². The van der Waals surface area contributed by atoms with Crippen LogP contribution in [0.1, 0.15) is 28.8 Å². The Kier molecular flexibility index (Phi) is 7.49. The van der Waals surface area contributed by atoms with Gasteiger partial charge in [0.25, 0.3) is 15.9 Å². The molecule has 0 saturated carbocycles. The Morgan fingerprint density at radius 3 is 2.29 bits per heavy atom. The zero-order valence-electron chi connectivity index (χ0n) is 19.2. The molecule has 0 bridgehead atoms. The van der Waals surface area contributed by atoms with Crippen LogP contribution in [0, 0.1) is 0 Å². The van der Waals surface area contributed by atoms with E-state index in [4.69, 9.17) is 4.74 Å². The van der Waals surface area contributed by atoms with Gasteiger partial charge in [0, 0.05) is 23.5 Å². The van der Waals surface area contributed by atoms with Crippen molar-refractivity contribution in [2.24, 2.45) is 0 Å². The minimum absolute atomic E-state index is 0.00762. The van der Waals surface area contributed by atoms with Gasteiger partial charge in [0.05, 0.1) is 12.0 Å². The summed E-state index contributed by atoms with van der Waals surface area (Å²) in [5.41, 5.74) is 2.55. The highest BCUT2D eigenvalue weighted by atomic mass is 32.2. The highest BCUT2D eigenvalue weighted by Gasteiger charge is 2.17. The van der Waals surface area contributed by atoms with Crippen molar-refractivity contribution in [3.8, 4) is 5.75 Å². The van der Waals surface area contributed by atoms with E-state index in [0.29, 0.717) is 17.1 Å². The van der Waals surface area contributed by atoms with E-state index in [1.165, 1.54) is 43.6 Å². The Bertz CT molecular complexity index is 1220. The number of amides is 1. The quantitative estimate of drug-likeness (QED) is 0.475.